The van der Waals surface area contributed by atoms with Crippen LogP contribution in [-0.4, -0.2) is 34.9 Å². The van der Waals surface area contributed by atoms with Gasteiger partial charge in [-0.25, -0.2) is 0 Å². The first kappa shape index (κ1) is 28.7. The van der Waals surface area contributed by atoms with Gasteiger partial charge in [-0.3, -0.25) is 9.59 Å². The largest absolute Gasteiger partial charge is 0.484 e. The molecule has 0 aromatic heterocycles. The summed E-state index contributed by atoms with van der Waals surface area (Å²) < 4.78 is 6.95. The van der Waals surface area contributed by atoms with Crippen LogP contribution in [0.5, 0.6) is 5.75 Å². The second-order valence-corrected chi connectivity index (χ2v) is 11.5. The van der Waals surface area contributed by atoms with Gasteiger partial charge < -0.3 is 15.0 Å². The Morgan fingerprint density at radius 2 is 1.57 bits per heavy atom. The van der Waals surface area contributed by atoms with Crippen molar-refractivity contribution in [2.24, 2.45) is 0 Å². The summed E-state index contributed by atoms with van der Waals surface area (Å²) in [5.74, 6) is 0.115. The van der Waals surface area contributed by atoms with Gasteiger partial charge in [-0.05, 0) is 81.1 Å². The molecule has 0 fully saturated rings. The first-order valence-corrected chi connectivity index (χ1v) is 13.4. The lowest BCUT2D eigenvalue weighted by molar-refractivity contribution is -0.143. The summed E-state index contributed by atoms with van der Waals surface area (Å²) in [6.45, 7) is 9.79. The third-order valence-corrected chi connectivity index (χ3v) is 7.31. The summed E-state index contributed by atoms with van der Waals surface area (Å²) in [5, 5.41) is 3.67. The third kappa shape index (κ3) is 8.61. The lowest BCUT2D eigenvalue weighted by Crippen LogP contribution is -2.55. The Labute approximate surface area is 233 Å². The van der Waals surface area contributed by atoms with Gasteiger partial charge in [0.15, 0.2) is 6.61 Å². The highest BCUT2D eigenvalue weighted by Crippen LogP contribution is 2.26. The number of nitrogens with zero attached hydrogens (tertiary/aromatic N) is 1. The first-order valence-electron chi connectivity index (χ1n) is 12.2. The van der Waals surface area contributed by atoms with Gasteiger partial charge in [0, 0.05) is 28.0 Å². The molecule has 2 amide bonds. The number of hydrogen-bond donors (Lipinski definition) is 1. The van der Waals surface area contributed by atoms with Gasteiger partial charge in [-0.1, -0.05) is 70.0 Å². The number of benzene rings is 3. The van der Waals surface area contributed by atoms with Crippen molar-refractivity contribution < 1.29 is 14.3 Å². The van der Waals surface area contributed by atoms with Crippen molar-refractivity contribution in [3.05, 3.63) is 98.5 Å². The number of hydrogen-bond acceptors (Lipinski definition) is 3. The molecule has 0 heterocycles. The summed E-state index contributed by atoms with van der Waals surface area (Å²) in [7, 11) is 0. The van der Waals surface area contributed by atoms with Gasteiger partial charge in [-0.15, -0.1) is 0 Å². The van der Waals surface area contributed by atoms with E-state index in [4.69, 9.17) is 16.3 Å². The minimum absolute atomic E-state index is 0.192. The van der Waals surface area contributed by atoms with Crippen LogP contribution in [0.4, 0.5) is 0 Å². The van der Waals surface area contributed by atoms with Gasteiger partial charge in [0.2, 0.25) is 5.91 Å². The zero-order valence-corrected chi connectivity index (χ0v) is 24.3. The van der Waals surface area contributed by atoms with Crippen molar-refractivity contribution in [3.63, 3.8) is 0 Å². The second kappa shape index (κ2) is 12.6. The van der Waals surface area contributed by atoms with Crippen LogP contribution in [0, 0.1) is 13.8 Å². The molecule has 3 rings (SSSR count). The lowest BCUT2D eigenvalue weighted by atomic mass is 10.0. The number of halogens is 2. The Morgan fingerprint density at radius 3 is 2.14 bits per heavy atom. The van der Waals surface area contributed by atoms with Crippen molar-refractivity contribution in [2.45, 2.75) is 59.2 Å². The van der Waals surface area contributed by atoms with Crippen LogP contribution in [-0.2, 0) is 22.6 Å². The van der Waals surface area contributed by atoms with Gasteiger partial charge in [0.25, 0.3) is 5.91 Å². The summed E-state index contributed by atoms with van der Waals surface area (Å²) in [6.07, 6.45) is 0.374. The highest BCUT2D eigenvalue weighted by atomic mass is 79.9. The zero-order chi connectivity index (χ0) is 27.2. The molecule has 1 atom stereocenters. The van der Waals surface area contributed by atoms with Crippen LogP contribution in [0.2, 0.25) is 5.02 Å². The maximum Gasteiger partial charge on any atom is 0.261 e. The topological polar surface area (TPSA) is 58.6 Å². The van der Waals surface area contributed by atoms with E-state index in [1.807, 2.05) is 89.2 Å². The Balaban J connectivity index is 1.94. The highest BCUT2D eigenvalue weighted by molar-refractivity contribution is 9.10. The molecule has 3 aromatic carbocycles. The summed E-state index contributed by atoms with van der Waals surface area (Å²) in [6, 6.07) is 20.1. The number of nitrogens with one attached hydrogen (secondary N) is 1. The highest BCUT2D eigenvalue weighted by Gasteiger charge is 2.32. The van der Waals surface area contributed by atoms with Crippen molar-refractivity contribution in [1.29, 1.82) is 0 Å². The van der Waals surface area contributed by atoms with Crippen LogP contribution < -0.4 is 10.1 Å². The van der Waals surface area contributed by atoms with Crippen molar-refractivity contribution in [2.75, 3.05) is 6.61 Å². The number of amides is 2. The molecule has 196 valence electrons. The smallest absolute Gasteiger partial charge is 0.261 e. The molecule has 1 N–H and O–H groups in total. The molecule has 0 unspecified atom stereocenters. The quantitative estimate of drug-likeness (QED) is 0.306. The summed E-state index contributed by atoms with van der Waals surface area (Å²) in [4.78, 5) is 28.9. The van der Waals surface area contributed by atoms with E-state index >= 15 is 0 Å². The fraction of sp³-hybridized carbons (Fsp3) is 0.333. The number of rotatable bonds is 9. The van der Waals surface area contributed by atoms with Gasteiger partial charge in [-0.2, -0.15) is 0 Å². The fourth-order valence-corrected chi connectivity index (χ4v) is 4.37. The number of aryl methyl sites for hydroxylation is 2. The molecular weight excluding hydrogens is 552 g/mol. The molecule has 0 saturated carbocycles. The van der Waals surface area contributed by atoms with Crippen molar-refractivity contribution in [1.82, 2.24) is 10.2 Å². The van der Waals surface area contributed by atoms with E-state index in [0.717, 1.165) is 26.7 Å². The Morgan fingerprint density at radius 1 is 0.973 bits per heavy atom. The van der Waals surface area contributed by atoms with Gasteiger partial charge in [0.05, 0.1) is 0 Å². The van der Waals surface area contributed by atoms with E-state index in [-0.39, 0.29) is 25.0 Å². The molecule has 0 aliphatic heterocycles. The molecule has 0 radical (unpaired) electrons. The third-order valence-electron chi connectivity index (χ3n) is 5.81. The van der Waals surface area contributed by atoms with Crippen LogP contribution in [0.1, 0.15) is 43.0 Å². The van der Waals surface area contributed by atoms with Crippen molar-refractivity contribution in [3.8, 4) is 5.75 Å². The molecule has 0 bridgehead atoms. The molecular formula is C30H34BrClN2O3. The normalized spacial score (nSPS) is 12.1. The number of carbonyl (C=O) groups excluding carboxylic acids is 2. The zero-order valence-electron chi connectivity index (χ0n) is 22.0. The molecule has 5 nitrogen and oxygen atoms in total. The minimum Gasteiger partial charge on any atom is -0.484 e. The number of carbonyl (C=O) groups is 2. The van der Waals surface area contributed by atoms with Crippen LogP contribution >= 0.6 is 27.5 Å². The van der Waals surface area contributed by atoms with E-state index < -0.39 is 11.6 Å². The molecule has 37 heavy (non-hydrogen) atoms. The van der Waals surface area contributed by atoms with Gasteiger partial charge in [0.1, 0.15) is 11.8 Å². The molecule has 0 saturated heterocycles. The maximum absolute atomic E-state index is 13.7. The van der Waals surface area contributed by atoms with Crippen LogP contribution in [0.25, 0.3) is 0 Å². The fourth-order valence-electron chi connectivity index (χ4n) is 4.01. The predicted octanol–water partition coefficient (Wildman–Crippen LogP) is 6.65. The minimum atomic E-state index is -0.734. The average molecular weight is 586 g/mol. The second-order valence-electron chi connectivity index (χ2n) is 10.3. The SMILES string of the molecule is Cc1cc(OCC(=O)N(Cc2ccc(Cl)cc2)[C@@H](Cc2ccccc2)C(=O)NC(C)(C)C)cc(C)c1Br. The summed E-state index contributed by atoms with van der Waals surface area (Å²) in [5.41, 5.74) is 3.42. The monoisotopic (exact) mass is 584 g/mol. The van der Waals surface area contributed by atoms with E-state index in [1.165, 1.54) is 0 Å². The Bertz CT molecular complexity index is 1200. The predicted molar refractivity (Wildman–Crippen MR) is 153 cm³/mol. The lowest BCUT2D eigenvalue weighted by Gasteiger charge is -2.33. The molecule has 0 spiro atoms. The van der Waals surface area contributed by atoms with Crippen molar-refractivity contribution >= 4 is 39.3 Å². The van der Waals surface area contributed by atoms with E-state index in [1.54, 1.807) is 17.0 Å². The Kier molecular flexibility index (Phi) is 9.80. The molecule has 3 aromatic rings. The average Bonchev–Trinajstić information content (AvgIpc) is 2.83. The maximum atomic E-state index is 13.7. The number of ether oxygens (including phenoxy) is 1. The van der Waals surface area contributed by atoms with E-state index in [9.17, 15) is 9.59 Å². The van der Waals surface area contributed by atoms with Gasteiger partial charge >= 0.3 is 0 Å². The molecule has 0 aliphatic rings. The van der Waals surface area contributed by atoms with Crippen LogP contribution in [0.15, 0.2) is 71.2 Å². The summed E-state index contributed by atoms with van der Waals surface area (Å²) >= 11 is 9.65. The molecule has 7 heteroatoms. The molecule has 0 aliphatic carbocycles. The Hall–Kier alpha value is -2.83. The first-order chi connectivity index (χ1) is 17.4. The van der Waals surface area contributed by atoms with E-state index in [0.29, 0.717) is 17.2 Å². The van der Waals surface area contributed by atoms with Crippen LogP contribution in [0.3, 0.4) is 0 Å². The van der Waals surface area contributed by atoms with E-state index in [2.05, 4.69) is 21.2 Å². The standard InChI is InChI=1S/C30H34BrClN2O3/c1-20-15-25(16-21(2)28(20)31)37-19-27(35)34(18-23-11-13-24(32)14-12-23)26(29(36)33-30(3,4)5)17-22-9-7-6-8-10-22/h6-16,26H,17-19H2,1-5H3,(H,33,36)/t26-/m0/s1.